The lowest BCUT2D eigenvalue weighted by atomic mass is 9.99. The summed E-state index contributed by atoms with van der Waals surface area (Å²) >= 11 is 0. The van der Waals surface area contributed by atoms with E-state index in [2.05, 4.69) is 22.1 Å². The number of nitrogens with one attached hydrogen (secondary N) is 2. The van der Waals surface area contributed by atoms with Crippen molar-refractivity contribution in [2.75, 3.05) is 13.1 Å². The number of hydrogen-bond acceptors (Lipinski definition) is 3. The first kappa shape index (κ1) is 16.1. The number of aryl methyl sites for hydroxylation is 2. The zero-order valence-corrected chi connectivity index (χ0v) is 14.7. The van der Waals surface area contributed by atoms with Gasteiger partial charge in [0.1, 0.15) is 0 Å². The van der Waals surface area contributed by atoms with E-state index in [-0.39, 0.29) is 11.8 Å². The first-order chi connectivity index (χ1) is 13.1. The van der Waals surface area contributed by atoms with E-state index in [1.807, 2.05) is 23.1 Å². The van der Waals surface area contributed by atoms with Gasteiger partial charge >= 0.3 is 5.69 Å². The Bertz CT molecular complexity index is 1150. The Morgan fingerprint density at radius 2 is 1.85 bits per heavy atom. The van der Waals surface area contributed by atoms with Gasteiger partial charge in [0.15, 0.2) is 0 Å². The minimum absolute atomic E-state index is 0.0142. The Hall–Kier alpha value is -3.15. The van der Waals surface area contributed by atoms with Gasteiger partial charge in [0.2, 0.25) is 0 Å². The smallest absolute Gasteiger partial charge is 0.325 e. The van der Waals surface area contributed by atoms with Crippen LogP contribution in [0.1, 0.15) is 39.5 Å². The van der Waals surface area contributed by atoms with E-state index in [0.717, 1.165) is 30.2 Å². The van der Waals surface area contributed by atoms with Crippen molar-refractivity contribution >= 4 is 16.7 Å². The van der Waals surface area contributed by atoms with Crippen molar-refractivity contribution in [2.45, 2.75) is 25.2 Å². The van der Waals surface area contributed by atoms with Crippen LogP contribution >= 0.6 is 0 Å². The Morgan fingerprint density at radius 3 is 2.67 bits per heavy atom. The lowest BCUT2D eigenvalue weighted by Gasteiger charge is -2.18. The molecular weight excluding hydrogens is 342 g/mol. The second-order valence-corrected chi connectivity index (χ2v) is 7.39. The topological polar surface area (TPSA) is 86.0 Å². The van der Waals surface area contributed by atoms with Crippen LogP contribution in [0.15, 0.2) is 46.0 Å². The van der Waals surface area contributed by atoms with Gasteiger partial charge in [-0.3, -0.25) is 14.6 Å². The molecule has 1 aliphatic heterocycles. The molecule has 1 aliphatic carbocycles. The summed E-state index contributed by atoms with van der Waals surface area (Å²) in [6.07, 6.45) is 2.80. The third kappa shape index (κ3) is 2.60. The molecule has 1 saturated heterocycles. The number of rotatable bonds is 2. The van der Waals surface area contributed by atoms with Gasteiger partial charge < -0.3 is 9.88 Å². The number of carbonyl (C=O) groups excluding carboxylic acids is 1. The lowest BCUT2D eigenvalue weighted by Crippen LogP contribution is -2.29. The zero-order valence-electron chi connectivity index (χ0n) is 14.7. The molecule has 2 aliphatic rings. The van der Waals surface area contributed by atoms with Crippen molar-refractivity contribution in [3.8, 4) is 0 Å². The number of nitrogens with zero attached hydrogens (tertiary/aromatic N) is 1. The number of hydrogen-bond donors (Lipinski definition) is 2. The van der Waals surface area contributed by atoms with Gasteiger partial charge in [-0.05, 0) is 47.2 Å². The molecule has 1 aromatic heterocycles. The van der Waals surface area contributed by atoms with Crippen LogP contribution in [-0.4, -0.2) is 33.9 Å². The summed E-state index contributed by atoms with van der Waals surface area (Å²) in [6, 6.07) is 11.6. The average Bonchev–Trinajstić information content (AvgIpc) is 3.30. The maximum absolute atomic E-state index is 13.2. The molecule has 2 aromatic carbocycles. The predicted molar refractivity (Wildman–Crippen MR) is 102 cm³/mol. The summed E-state index contributed by atoms with van der Waals surface area (Å²) in [6.45, 7) is 1.11. The third-order valence-electron chi connectivity index (χ3n) is 5.80. The van der Waals surface area contributed by atoms with Gasteiger partial charge in [-0.2, -0.15) is 0 Å². The molecule has 136 valence electrons. The summed E-state index contributed by atoms with van der Waals surface area (Å²) in [5.74, 6) is -0.0129. The maximum atomic E-state index is 13.2. The minimum Gasteiger partial charge on any atom is -0.338 e. The van der Waals surface area contributed by atoms with E-state index < -0.39 is 11.2 Å². The van der Waals surface area contributed by atoms with Crippen LogP contribution in [0.25, 0.3) is 10.8 Å². The molecule has 1 unspecified atom stereocenters. The Balaban J connectivity index is 1.47. The summed E-state index contributed by atoms with van der Waals surface area (Å²) in [7, 11) is 0. The average molecular weight is 361 g/mol. The van der Waals surface area contributed by atoms with Gasteiger partial charge in [0.25, 0.3) is 11.5 Å². The van der Waals surface area contributed by atoms with Crippen molar-refractivity contribution in [3.63, 3.8) is 0 Å². The highest BCUT2D eigenvalue weighted by atomic mass is 16.2. The molecule has 1 atom stereocenters. The number of likely N-dealkylation sites (tertiary alicyclic amines) is 1. The number of amides is 1. The number of aromatic nitrogens is 2. The molecule has 2 N–H and O–H groups in total. The second-order valence-electron chi connectivity index (χ2n) is 7.39. The molecule has 2 heterocycles. The first-order valence-electron chi connectivity index (χ1n) is 9.26. The largest absolute Gasteiger partial charge is 0.338 e. The van der Waals surface area contributed by atoms with E-state index in [1.165, 1.54) is 22.6 Å². The van der Waals surface area contributed by atoms with Crippen molar-refractivity contribution in [2.24, 2.45) is 0 Å². The molecule has 5 rings (SSSR count). The quantitative estimate of drug-likeness (QED) is 0.731. The number of benzene rings is 2. The summed E-state index contributed by atoms with van der Waals surface area (Å²) in [4.78, 5) is 43.0. The fraction of sp³-hybridized carbons (Fsp3) is 0.286. The van der Waals surface area contributed by atoms with Crippen LogP contribution in [0.2, 0.25) is 0 Å². The molecule has 6 nitrogen and oxygen atoms in total. The minimum atomic E-state index is -0.505. The number of aromatic amines is 2. The van der Waals surface area contributed by atoms with Gasteiger partial charge in [-0.15, -0.1) is 0 Å². The Morgan fingerprint density at radius 1 is 1.04 bits per heavy atom. The van der Waals surface area contributed by atoms with Crippen molar-refractivity contribution < 1.29 is 4.79 Å². The van der Waals surface area contributed by atoms with Gasteiger partial charge in [-0.1, -0.05) is 24.3 Å². The number of H-pyrrole nitrogens is 2. The van der Waals surface area contributed by atoms with E-state index in [9.17, 15) is 14.4 Å². The van der Waals surface area contributed by atoms with Gasteiger partial charge in [0, 0.05) is 36.3 Å². The molecule has 6 heteroatoms. The molecule has 1 fully saturated rings. The molecule has 0 radical (unpaired) electrons. The summed E-state index contributed by atoms with van der Waals surface area (Å²) in [5.41, 5.74) is 3.05. The fourth-order valence-electron chi connectivity index (χ4n) is 4.51. The highest BCUT2D eigenvalue weighted by molar-refractivity contribution is 6.09. The van der Waals surface area contributed by atoms with Crippen LogP contribution in [-0.2, 0) is 12.8 Å². The molecule has 0 bridgehead atoms. The van der Waals surface area contributed by atoms with Gasteiger partial charge in [0.05, 0.1) is 0 Å². The molecular formula is C21H19N3O3. The molecule has 0 saturated carbocycles. The lowest BCUT2D eigenvalue weighted by molar-refractivity contribution is 0.0792. The SMILES string of the molecule is O=C(c1ccc2c3c(cccc13)CC2)N1CCC(c2cc(=O)[nH]c(=O)[nH]2)C1. The van der Waals surface area contributed by atoms with Crippen molar-refractivity contribution in [1.82, 2.24) is 14.9 Å². The Kier molecular flexibility index (Phi) is 3.53. The Labute approximate surface area is 154 Å². The van der Waals surface area contributed by atoms with Crippen molar-refractivity contribution in [3.05, 3.63) is 79.6 Å². The van der Waals surface area contributed by atoms with E-state index in [0.29, 0.717) is 18.8 Å². The molecule has 27 heavy (non-hydrogen) atoms. The van der Waals surface area contributed by atoms with E-state index in [1.54, 1.807) is 0 Å². The van der Waals surface area contributed by atoms with Crippen LogP contribution in [0.4, 0.5) is 0 Å². The van der Waals surface area contributed by atoms with Crippen LogP contribution in [0, 0.1) is 0 Å². The van der Waals surface area contributed by atoms with Crippen LogP contribution < -0.4 is 11.2 Å². The van der Waals surface area contributed by atoms with Crippen LogP contribution in [0.5, 0.6) is 0 Å². The highest BCUT2D eigenvalue weighted by Gasteiger charge is 2.30. The van der Waals surface area contributed by atoms with Gasteiger partial charge in [-0.25, -0.2) is 4.79 Å². The third-order valence-corrected chi connectivity index (χ3v) is 5.80. The number of carbonyl (C=O) groups is 1. The normalized spacial score (nSPS) is 18.4. The summed E-state index contributed by atoms with van der Waals surface area (Å²) < 4.78 is 0. The van der Waals surface area contributed by atoms with E-state index in [4.69, 9.17) is 0 Å². The zero-order chi connectivity index (χ0) is 18.5. The van der Waals surface area contributed by atoms with Crippen molar-refractivity contribution in [1.29, 1.82) is 0 Å². The standard InChI is InChI=1S/C21H19N3O3/c25-18-10-17(22-21(27)23-18)14-8-9-24(11-14)20(26)16-7-6-13-5-4-12-2-1-3-15(16)19(12)13/h1-3,6-7,10,14H,4-5,8-9,11H2,(H2,22,23,25,27). The highest BCUT2D eigenvalue weighted by Crippen LogP contribution is 2.34. The molecule has 0 spiro atoms. The predicted octanol–water partition coefficient (Wildman–Crippen LogP) is 1.94. The fourth-order valence-corrected chi connectivity index (χ4v) is 4.51. The molecule has 1 amide bonds. The monoisotopic (exact) mass is 361 g/mol. The summed E-state index contributed by atoms with van der Waals surface area (Å²) in [5, 5.41) is 2.26. The van der Waals surface area contributed by atoms with E-state index >= 15 is 0 Å². The van der Waals surface area contributed by atoms with Crippen LogP contribution in [0.3, 0.4) is 0 Å². The second kappa shape index (κ2) is 5.94. The first-order valence-corrected chi connectivity index (χ1v) is 9.26. The molecule has 3 aromatic rings. The maximum Gasteiger partial charge on any atom is 0.325 e.